The Labute approximate surface area is 154 Å². The number of unbranched alkanes of at least 4 members (excludes halogenated alkanes) is 1. The van der Waals surface area contributed by atoms with E-state index in [9.17, 15) is 9.59 Å². The largest absolute Gasteiger partial charge is 0.462 e. The quantitative estimate of drug-likeness (QED) is 0.312. The molecule has 4 nitrogen and oxygen atoms in total. The first kappa shape index (κ1) is 19.4. The minimum absolute atomic E-state index is 0.0465. The summed E-state index contributed by atoms with van der Waals surface area (Å²) in [7, 11) is 0. The summed E-state index contributed by atoms with van der Waals surface area (Å²) in [6.07, 6.45) is 4.97. The summed E-state index contributed by atoms with van der Waals surface area (Å²) in [4.78, 5) is 24.1. The molecule has 0 bridgehead atoms. The first-order valence-electron chi connectivity index (χ1n) is 8.83. The molecule has 136 valence electrons. The Bertz CT molecular complexity index is 792. The van der Waals surface area contributed by atoms with Crippen LogP contribution in [0.25, 0.3) is 0 Å². The lowest BCUT2D eigenvalue weighted by atomic mass is 10.0. The van der Waals surface area contributed by atoms with E-state index in [0.717, 1.165) is 29.7 Å². The average molecular weight is 351 g/mol. The summed E-state index contributed by atoms with van der Waals surface area (Å²) in [6.45, 7) is 6.38. The molecule has 2 aromatic carbocycles. The van der Waals surface area contributed by atoms with Gasteiger partial charge in [-0.3, -0.25) is 4.79 Å². The van der Waals surface area contributed by atoms with Gasteiger partial charge in [0.05, 0.1) is 12.2 Å². The highest BCUT2D eigenvalue weighted by molar-refractivity contribution is 6.05. The number of carbonyl (C=O) groups is 2. The van der Waals surface area contributed by atoms with Crippen molar-refractivity contribution < 1.29 is 14.3 Å². The van der Waals surface area contributed by atoms with Gasteiger partial charge < -0.3 is 10.1 Å². The zero-order chi connectivity index (χ0) is 18.9. The maximum Gasteiger partial charge on any atom is 0.338 e. The molecule has 0 heterocycles. The summed E-state index contributed by atoms with van der Waals surface area (Å²) in [5.41, 5.74) is 4.02. The zero-order valence-corrected chi connectivity index (χ0v) is 15.5. The van der Waals surface area contributed by atoms with Gasteiger partial charge in [-0.1, -0.05) is 31.0 Å². The molecule has 0 saturated carbocycles. The van der Waals surface area contributed by atoms with E-state index < -0.39 is 0 Å². The van der Waals surface area contributed by atoms with E-state index >= 15 is 0 Å². The van der Waals surface area contributed by atoms with Gasteiger partial charge in [-0.2, -0.15) is 0 Å². The number of carbonyl (C=O) groups excluding carboxylic acids is 2. The predicted octanol–water partition coefficient (Wildman–Crippen LogP) is 5.07. The third kappa shape index (κ3) is 5.59. The molecule has 0 atom stereocenters. The van der Waals surface area contributed by atoms with Crippen LogP contribution in [0, 0.1) is 13.8 Å². The van der Waals surface area contributed by atoms with Gasteiger partial charge in [-0.15, -0.1) is 0 Å². The fourth-order valence-electron chi connectivity index (χ4n) is 2.40. The number of hydrogen-bond donors (Lipinski definition) is 1. The van der Waals surface area contributed by atoms with Crippen LogP contribution in [0.15, 0.2) is 54.7 Å². The highest BCUT2D eigenvalue weighted by atomic mass is 16.5. The van der Waals surface area contributed by atoms with Crippen LogP contribution in [0.2, 0.25) is 0 Å². The summed E-state index contributed by atoms with van der Waals surface area (Å²) in [5, 5.41) is 3.04. The second-order valence-corrected chi connectivity index (χ2v) is 6.23. The van der Waals surface area contributed by atoms with Gasteiger partial charge in [0.1, 0.15) is 0 Å². The minimum atomic E-state index is -0.314. The Kier molecular flexibility index (Phi) is 7.15. The molecule has 0 unspecified atom stereocenters. The third-order valence-corrected chi connectivity index (χ3v) is 3.99. The van der Waals surface area contributed by atoms with Gasteiger partial charge >= 0.3 is 5.97 Å². The van der Waals surface area contributed by atoms with Crippen LogP contribution in [0.3, 0.4) is 0 Å². The topological polar surface area (TPSA) is 55.4 Å². The van der Waals surface area contributed by atoms with E-state index in [1.165, 1.54) is 6.08 Å². The predicted molar refractivity (Wildman–Crippen MR) is 105 cm³/mol. The number of rotatable bonds is 8. The molecule has 0 spiro atoms. The van der Waals surface area contributed by atoms with Crippen molar-refractivity contribution in [3.63, 3.8) is 0 Å². The Balaban J connectivity index is 1.93. The van der Waals surface area contributed by atoms with E-state index in [1.54, 1.807) is 30.5 Å². The fourth-order valence-corrected chi connectivity index (χ4v) is 2.40. The van der Waals surface area contributed by atoms with Crippen LogP contribution in [-0.4, -0.2) is 18.4 Å². The summed E-state index contributed by atoms with van der Waals surface area (Å²) < 4.78 is 5.17. The molecule has 0 saturated heterocycles. The standard InChI is InChI=1S/C22H25NO3/c1-4-5-14-26-22(25)18-8-10-19(11-9-18)23-13-12-21(24)20-15-16(2)6-7-17(20)3/h6-13,15,23H,4-5,14H2,1-3H3. The molecular formula is C22H25NO3. The fraction of sp³-hybridized carbons (Fsp3) is 0.273. The minimum Gasteiger partial charge on any atom is -0.462 e. The molecular weight excluding hydrogens is 326 g/mol. The van der Waals surface area contributed by atoms with Gasteiger partial charge in [0.15, 0.2) is 5.78 Å². The van der Waals surface area contributed by atoms with Crippen LogP contribution < -0.4 is 5.32 Å². The second kappa shape index (κ2) is 9.56. The molecule has 2 aromatic rings. The normalized spacial score (nSPS) is 10.7. The van der Waals surface area contributed by atoms with Gasteiger partial charge in [0, 0.05) is 23.5 Å². The number of benzene rings is 2. The Hall–Kier alpha value is -2.88. The monoisotopic (exact) mass is 351 g/mol. The molecule has 1 N–H and O–H groups in total. The van der Waals surface area contributed by atoms with E-state index in [1.807, 2.05) is 39.0 Å². The van der Waals surface area contributed by atoms with Crippen molar-refractivity contribution in [3.8, 4) is 0 Å². The van der Waals surface area contributed by atoms with Crippen LogP contribution in [0.4, 0.5) is 5.69 Å². The maximum atomic E-state index is 12.3. The number of aryl methyl sites for hydroxylation is 2. The van der Waals surface area contributed by atoms with Crippen LogP contribution in [0.1, 0.15) is 51.6 Å². The average Bonchev–Trinajstić information content (AvgIpc) is 2.64. The number of hydrogen-bond acceptors (Lipinski definition) is 4. The number of ether oxygens (including phenoxy) is 1. The van der Waals surface area contributed by atoms with Crippen molar-refractivity contribution in [2.75, 3.05) is 11.9 Å². The molecule has 26 heavy (non-hydrogen) atoms. The molecule has 0 amide bonds. The van der Waals surface area contributed by atoms with Gasteiger partial charge in [0.2, 0.25) is 0 Å². The highest BCUT2D eigenvalue weighted by Crippen LogP contribution is 2.13. The van der Waals surface area contributed by atoms with Crippen molar-refractivity contribution in [1.29, 1.82) is 0 Å². The van der Waals surface area contributed by atoms with Gasteiger partial charge in [-0.25, -0.2) is 4.79 Å². The van der Waals surface area contributed by atoms with E-state index in [-0.39, 0.29) is 11.8 Å². The molecule has 0 aromatic heterocycles. The van der Waals surface area contributed by atoms with Crippen molar-refractivity contribution in [2.24, 2.45) is 0 Å². The van der Waals surface area contributed by atoms with Crippen molar-refractivity contribution >= 4 is 17.4 Å². The second-order valence-electron chi connectivity index (χ2n) is 6.23. The number of anilines is 1. The zero-order valence-electron chi connectivity index (χ0n) is 15.5. The molecule has 0 aliphatic heterocycles. The summed E-state index contributed by atoms with van der Waals surface area (Å²) in [5.74, 6) is -0.361. The molecule has 0 aliphatic carbocycles. The van der Waals surface area contributed by atoms with Crippen LogP contribution in [-0.2, 0) is 4.74 Å². The first-order chi connectivity index (χ1) is 12.5. The molecule has 2 rings (SSSR count). The molecule has 0 fully saturated rings. The Morgan fingerprint density at radius 2 is 1.81 bits per heavy atom. The lowest BCUT2D eigenvalue weighted by Gasteiger charge is -2.06. The summed E-state index contributed by atoms with van der Waals surface area (Å²) in [6, 6.07) is 12.8. The lowest BCUT2D eigenvalue weighted by Crippen LogP contribution is -2.06. The maximum absolute atomic E-state index is 12.3. The van der Waals surface area contributed by atoms with E-state index in [2.05, 4.69) is 5.32 Å². The Morgan fingerprint density at radius 3 is 2.50 bits per heavy atom. The van der Waals surface area contributed by atoms with Gasteiger partial charge in [-0.05, 0) is 56.2 Å². The molecule has 4 heteroatoms. The summed E-state index contributed by atoms with van der Waals surface area (Å²) >= 11 is 0. The number of ketones is 1. The van der Waals surface area contributed by atoms with Crippen LogP contribution >= 0.6 is 0 Å². The Morgan fingerprint density at radius 1 is 1.08 bits per heavy atom. The highest BCUT2D eigenvalue weighted by Gasteiger charge is 2.07. The van der Waals surface area contributed by atoms with E-state index in [0.29, 0.717) is 17.7 Å². The molecule has 0 aliphatic rings. The van der Waals surface area contributed by atoms with Crippen LogP contribution in [0.5, 0.6) is 0 Å². The number of nitrogens with one attached hydrogen (secondary N) is 1. The molecule has 0 radical (unpaired) electrons. The number of esters is 1. The van der Waals surface area contributed by atoms with Crippen molar-refractivity contribution in [1.82, 2.24) is 0 Å². The van der Waals surface area contributed by atoms with Gasteiger partial charge in [0.25, 0.3) is 0 Å². The smallest absolute Gasteiger partial charge is 0.338 e. The SMILES string of the molecule is CCCCOC(=O)c1ccc(NC=CC(=O)c2cc(C)ccc2C)cc1. The van der Waals surface area contributed by atoms with Crippen molar-refractivity contribution in [2.45, 2.75) is 33.6 Å². The first-order valence-corrected chi connectivity index (χ1v) is 8.83. The lowest BCUT2D eigenvalue weighted by molar-refractivity contribution is 0.0499. The van der Waals surface area contributed by atoms with Crippen molar-refractivity contribution in [3.05, 3.63) is 77.0 Å². The number of allylic oxidation sites excluding steroid dienone is 1. The third-order valence-electron chi connectivity index (χ3n) is 3.99. The van der Waals surface area contributed by atoms with E-state index in [4.69, 9.17) is 4.74 Å².